The fourth-order valence-corrected chi connectivity index (χ4v) is 1.94. The van der Waals surface area contributed by atoms with Gasteiger partial charge in [-0.05, 0) is 27.7 Å². The van der Waals surface area contributed by atoms with Gasteiger partial charge in [-0.25, -0.2) is 0 Å². The van der Waals surface area contributed by atoms with Crippen LogP contribution in [-0.4, -0.2) is 32.6 Å². The first kappa shape index (κ1) is 13.0. The van der Waals surface area contributed by atoms with Gasteiger partial charge in [-0.1, -0.05) is 11.8 Å². The van der Waals surface area contributed by atoms with Crippen molar-refractivity contribution in [2.75, 3.05) is 5.75 Å². The highest BCUT2D eigenvalue weighted by molar-refractivity contribution is 7.99. The molecule has 0 aliphatic carbocycles. The minimum absolute atomic E-state index is 0.0731. The number of carbonyl (C=O) groups excluding carboxylic acids is 1. The van der Waals surface area contributed by atoms with Crippen molar-refractivity contribution in [3.05, 3.63) is 6.33 Å². The van der Waals surface area contributed by atoms with Crippen LogP contribution in [0.15, 0.2) is 11.5 Å². The number of ether oxygens (including phenoxy) is 1. The lowest BCUT2D eigenvalue weighted by molar-refractivity contribution is -0.144. The first-order valence-electron chi connectivity index (χ1n) is 5.22. The van der Waals surface area contributed by atoms with E-state index < -0.39 is 0 Å². The quantitative estimate of drug-likeness (QED) is 0.584. The zero-order chi connectivity index (χ0) is 12.1. The summed E-state index contributed by atoms with van der Waals surface area (Å²) >= 11 is 1.35. The van der Waals surface area contributed by atoms with Crippen molar-refractivity contribution in [2.24, 2.45) is 0 Å². The normalized spacial score (nSPS) is 11.1. The molecule has 5 nitrogen and oxygen atoms in total. The van der Waals surface area contributed by atoms with Crippen LogP contribution < -0.4 is 0 Å². The Bertz CT molecular complexity index is 350. The largest absolute Gasteiger partial charge is 0.462 e. The van der Waals surface area contributed by atoms with Gasteiger partial charge in [0, 0.05) is 6.04 Å². The van der Waals surface area contributed by atoms with Crippen LogP contribution in [0.4, 0.5) is 0 Å². The molecule has 0 bridgehead atoms. The van der Waals surface area contributed by atoms with E-state index in [4.69, 9.17) is 4.74 Å². The molecule has 0 aliphatic rings. The molecule has 6 heteroatoms. The molecule has 1 aromatic heterocycles. The van der Waals surface area contributed by atoms with Gasteiger partial charge in [-0.3, -0.25) is 4.79 Å². The average molecular weight is 243 g/mol. The molecular weight excluding hydrogens is 226 g/mol. The van der Waals surface area contributed by atoms with Gasteiger partial charge in [0.05, 0.1) is 11.9 Å². The van der Waals surface area contributed by atoms with Crippen LogP contribution in [0.5, 0.6) is 0 Å². The maximum absolute atomic E-state index is 11.3. The SMILES string of the molecule is CC(C)OC(=O)CSc1nncn1C(C)C. The third-order valence-corrected chi connectivity index (χ3v) is 2.71. The van der Waals surface area contributed by atoms with E-state index >= 15 is 0 Å². The number of hydrogen-bond acceptors (Lipinski definition) is 5. The summed E-state index contributed by atoms with van der Waals surface area (Å²) in [6, 6.07) is 0.290. The molecule has 0 radical (unpaired) electrons. The van der Waals surface area contributed by atoms with Crippen molar-refractivity contribution < 1.29 is 9.53 Å². The summed E-state index contributed by atoms with van der Waals surface area (Å²) in [5.41, 5.74) is 0. The van der Waals surface area contributed by atoms with Gasteiger partial charge in [0.15, 0.2) is 5.16 Å². The summed E-state index contributed by atoms with van der Waals surface area (Å²) in [5, 5.41) is 8.52. The standard InChI is InChI=1S/C10H17N3O2S/c1-7(2)13-6-11-12-10(13)16-5-9(14)15-8(3)4/h6-8H,5H2,1-4H3. The first-order valence-corrected chi connectivity index (χ1v) is 6.21. The van der Waals surface area contributed by atoms with Gasteiger partial charge in [-0.15, -0.1) is 10.2 Å². The summed E-state index contributed by atoms with van der Waals surface area (Å²) in [6.07, 6.45) is 1.59. The molecule has 90 valence electrons. The van der Waals surface area contributed by atoms with E-state index in [1.807, 2.05) is 32.3 Å². The number of esters is 1. The van der Waals surface area contributed by atoms with Crippen LogP contribution in [0.2, 0.25) is 0 Å². The molecule has 0 aliphatic heterocycles. The molecule has 0 N–H and O–H groups in total. The number of thioether (sulfide) groups is 1. The second kappa shape index (κ2) is 5.89. The Labute approximate surface area is 99.6 Å². The fraction of sp³-hybridized carbons (Fsp3) is 0.700. The zero-order valence-corrected chi connectivity index (χ0v) is 10.8. The predicted octanol–water partition coefficient (Wildman–Crippen LogP) is 1.90. The maximum atomic E-state index is 11.3. The van der Waals surface area contributed by atoms with Crippen LogP contribution >= 0.6 is 11.8 Å². The van der Waals surface area contributed by atoms with Crippen LogP contribution in [-0.2, 0) is 9.53 Å². The number of nitrogens with zero attached hydrogens (tertiary/aromatic N) is 3. The molecule has 0 fully saturated rings. The van der Waals surface area contributed by atoms with E-state index in [-0.39, 0.29) is 17.8 Å². The van der Waals surface area contributed by atoms with Gasteiger partial charge in [0.1, 0.15) is 6.33 Å². The van der Waals surface area contributed by atoms with E-state index in [0.717, 1.165) is 5.16 Å². The van der Waals surface area contributed by atoms with Gasteiger partial charge < -0.3 is 9.30 Å². The van der Waals surface area contributed by atoms with E-state index in [1.54, 1.807) is 6.33 Å². The molecule has 1 aromatic rings. The van der Waals surface area contributed by atoms with Crippen LogP contribution in [0.3, 0.4) is 0 Å². The summed E-state index contributed by atoms with van der Waals surface area (Å²) in [6.45, 7) is 7.75. The lowest BCUT2D eigenvalue weighted by atomic mass is 10.4. The van der Waals surface area contributed by atoms with Crippen molar-refractivity contribution in [3.63, 3.8) is 0 Å². The van der Waals surface area contributed by atoms with E-state index in [2.05, 4.69) is 10.2 Å². The first-order chi connectivity index (χ1) is 7.50. The van der Waals surface area contributed by atoms with Crippen molar-refractivity contribution in [3.8, 4) is 0 Å². The Morgan fingerprint density at radius 1 is 1.50 bits per heavy atom. The monoisotopic (exact) mass is 243 g/mol. The van der Waals surface area contributed by atoms with Gasteiger partial charge in [0.2, 0.25) is 0 Å². The van der Waals surface area contributed by atoms with Crippen molar-refractivity contribution in [2.45, 2.75) is 45.0 Å². The molecule has 0 aromatic carbocycles. The Hall–Kier alpha value is -1.04. The second-order valence-corrected chi connectivity index (χ2v) is 4.88. The average Bonchev–Trinajstić information content (AvgIpc) is 2.61. The topological polar surface area (TPSA) is 57.0 Å². The molecule has 0 spiro atoms. The summed E-state index contributed by atoms with van der Waals surface area (Å²) in [4.78, 5) is 11.3. The fourth-order valence-electron chi connectivity index (χ4n) is 1.11. The zero-order valence-electron chi connectivity index (χ0n) is 10.0. The van der Waals surface area contributed by atoms with Gasteiger partial charge >= 0.3 is 5.97 Å². The van der Waals surface area contributed by atoms with Crippen LogP contribution in [0.25, 0.3) is 0 Å². The number of hydrogen-bond donors (Lipinski definition) is 0. The molecule has 0 amide bonds. The van der Waals surface area contributed by atoms with E-state index in [9.17, 15) is 4.79 Å². The van der Waals surface area contributed by atoms with Gasteiger partial charge in [-0.2, -0.15) is 0 Å². The summed E-state index contributed by atoms with van der Waals surface area (Å²) in [7, 11) is 0. The molecule has 0 saturated heterocycles. The van der Waals surface area contributed by atoms with Crippen molar-refractivity contribution in [1.82, 2.24) is 14.8 Å². The molecule has 0 atom stereocenters. The lowest BCUT2D eigenvalue weighted by Gasteiger charge is -2.10. The Balaban J connectivity index is 2.48. The Morgan fingerprint density at radius 3 is 2.75 bits per heavy atom. The molecule has 0 unspecified atom stereocenters. The number of aromatic nitrogens is 3. The van der Waals surface area contributed by atoms with Crippen LogP contribution in [0.1, 0.15) is 33.7 Å². The Morgan fingerprint density at radius 2 is 2.19 bits per heavy atom. The van der Waals surface area contributed by atoms with E-state index in [1.165, 1.54) is 11.8 Å². The van der Waals surface area contributed by atoms with Gasteiger partial charge in [0.25, 0.3) is 0 Å². The minimum Gasteiger partial charge on any atom is -0.462 e. The molecule has 0 saturated carbocycles. The molecule has 16 heavy (non-hydrogen) atoms. The third kappa shape index (κ3) is 3.84. The summed E-state index contributed by atoms with van der Waals surface area (Å²) < 4.78 is 6.96. The number of rotatable bonds is 5. The smallest absolute Gasteiger partial charge is 0.316 e. The lowest BCUT2D eigenvalue weighted by Crippen LogP contribution is -2.14. The predicted molar refractivity (Wildman–Crippen MR) is 62.4 cm³/mol. The maximum Gasteiger partial charge on any atom is 0.316 e. The van der Waals surface area contributed by atoms with Crippen molar-refractivity contribution in [1.29, 1.82) is 0 Å². The van der Waals surface area contributed by atoms with E-state index in [0.29, 0.717) is 6.04 Å². The minimum atomic E-state index is -0.224. The van der Waals surface area contributed by atoms with Crippen molar-refractivity contribution >= 4 is 17.7 Å². The molecule has 1 rings (SSSR count). The third-order valence-electron chi connectivity index (χ3n) is 1.78. The molecule has 1 heterocycles. The molecular formula is C10H17N3O2S. The second-order valence-electron chi connectivity index (χ2n) is 3.94. The highest BCUT2D eigenvalue weighted by Gasteiger charge is 2.11. The summed E-state index contributed by atoms with van der Waals surface area (Å²) in [5.74, 6) is 0.0437. The van der Waals surface area contributed by atoms with Crippen LogP contribution in [0, 0.1) is 0 Å². The number of carbonyl (C=O) groups is 1. The highest BCUT2D eigenvalue weighted by atomic mass is 32.2. The Kier molecular flexibility index (Phi) is 4.79. The highest BCUT2D eigenvalue weighted by Crippen LogP contribution is 2.18.